The molecular weight excluding hydrogens is 232 g/mol. The van der Waals surface area contributed by atoms with Crippen molar-refractivity contribution in [3.05, 3.63) is 29.3 Å². The van der Waals surface area contributed by atoms with Crippen LogP contribution in [0.15, 0.2) is 23.1 Å². The molecule has 2 rings (SSSR count). The number of ketones is 1. The summed E-state index contributed by atoms with van der Waals surface area (Å²) in [6, 6.07) is 5.90. The van der Waals surface area contributed by atoms with Crippen molar-refractivity contribution in [2.45, 2.75) is 37.7 Å². The van der Waals surface area contributed by atoms with Gasteiger partial charge in [0.1, 0.15) is 6.10 Å². The van der Waals surface area contributed by atoms with Gasteiger partial charge in [-0.05, 0) is 35.8 Å². The lowest BCUT2D eigenvalue weighted by atomic mass is 9.96. The summed E-state index contributed by atoms with van der Waals surface area (Å²) in [6.45, 7) is 3.64. The SMILES string of the molecule is CC(C)C(=O)C(O)c1ccc2c(c1)CCCS2. The highest BCUT2D eigenvalue weighted by molar-refractivity contribution is 7.99. The molecule has 1 aromatic carbocycles. The van der Waals surface area contributed by atoms with Gasteiger partial charge in [-0.2, -0.15) is 0 Å². The van der Waals surface area contributed by atoms with Crippen LogP contribution in [0.3, 0.4) is 0 Å². The van der Waals surface area contributed by atoms with Crippen LogP contribution in [0.2, 0.25) is 0 Å². The number of carbonyl (C=O) groups is 1. The molecule has 0 spiro atoms. The molecular formula is C14H18O2S. The Labute approximate surface area is 106 Å². The Hall–Kier alpha value is -0.800. The van der Waals surface area contributed by atoms with Gasteiger partial charge in [-0.15, -0.1) is 11.8 Å². The first-order valence-corrected chi connectivity index (χ1v) is 7.05. The van der Waals surface area contributed by atoms with E-state index in [1.807, 2.05) is 43.8 Å². The average molecular weight is 250 g/mol. The zero-order valence-electron chi connectivity index (χ0n) is 10.3. The van der Waals surface area contributed by atoms with E-state index in [2.05, 4.69) is 0 Å². The van der Waals surface area contributed by atoms with E-state index in [1.165, 1.54) is 22.6 Å². The molecule has 1 unspecified atom stereocenters. The van der Waals surface area contributed by atoms with Gasteiger partial charge < -0.3 is 5.11 Å². The summed E-state index contributed by atoms with van der Waals surface area (Å²) >= 11 is 1.86. The lowest BCUT2D eigenvalue weighted by Crippen LogP contribution is -2.18. The van der Waals surface area contributed by atoms with Gasteiger partial charge in [0.15, 0.2) is 5.78 Å². The standard InChI is InChI=1S/C14H18O2S/c1-9(2)13(15)14(16)11-5-6-12-10(8-11)4-3-7-17-12/h5-6,8-9,14,16H,3-4,7H2,1-2H3. The van der Waals surface area contributed by atoms with E-state index in [4.69, 9.17) is 0 Å². The maximum Gasteiger partial charge on any atom is 0.168 e. The van der Waals surface area contributed by atoms with Crippen LogP contribution in [-0.2, 0) is 11.2 Å². The monoisotopic (exact) mass is 250 g/mol. The third kappa shape index (κ3) is 2.72. The van der Waals surface area contributed by atoms with Gasteiger partial charge in [0.25, 0.3) is 0 Å². The lowest BCUT2D eigenvalue weighted by Gasteiger charge is -2.18. The van der Waals surface area contributed by atoms with Crippen LogP contribution in [0, 0.1) is 5.92 Å². The van der Waals surface area contributed by atoms with Gasteiger partial charge in [0.05, 0.1) is 0 Å². The zero-order valence-corrected chi connectivity index (χ0v) is 11.1. The maximum atomic E-state index is 11.8. The van der Waals surface area contributed by atoms with Gasteiger partial charge in [0, 0.05) is 10.8 Å². The van der Waals surface area contributed by atoms with E-state index in [0.717, 1.165) is 12.0 Å². The van der Waals surface area contributed by atoms with E-state index >= 15 is 0 Å². The van der Waals surface area contributed by atoms with E-state index in [9.17, 15) is 9.90 Å². The summed E-state index contributed by atoms with van der Waals surface area (Å²) in [7, 11) is 0. The molecule has 1 heterocycles. The summed E-state index contributed by atoms with van der Waals surface area (Å²) in [6.07, 6.45) is 1.26. The number of thioether (sulfide) groups is 1. The van der Waals surface area contributed by atoms with Crippen LogP contribution < -0.4 is 0 Å². The van der Waals surface area contributed by atoms with E-state index < -0.39 is 6.10 Å². The average Bonchev–Trinajstić information content (AvgIpc) is 2.36. The first kappa shape index (κ1) is 12.7. The summed E-state index contributed by atoms with van der Waals surface area (Å²) in [5, 5.41) is 10.0. The van der Waals surface area contributed by atoms with Crippen molar-refractivity contribution in [1.82, 2.24) is 0 Å². The molecule has 2 nitrogen and oxygen atoms in total. The van der Waals surface area contributed by atoms with Crippen LogP contribution in [0.5, 0.6) is 0 Å². The third-order valence-corrected chi connectivity index (χ3v) is 4.29. The van der Waals surface area contributed by atoms with Gasteiger partial charge >= 0.3 is 0 Å². The maximum absolute atomic E-state index is 11.8. The topological polar surface area (TPSA) is 37.3 Å². The van der Waals surface area contributed by atoms with Gasteiger partial charge in [-0.25, -0.2) is 0 Å². The molecule has 1 aromatic rings. The number of aliphatic hydroxyl groups excluding tert-OH is 1. The molecule has 1 atom stereocenters. The number of fused-ring (bicyclic) bond motifs is 1. The molecule has 0 radical (unpaired) electrons. The van der Waals surface area contributed by atoms with Crippen molar-refractivity contribution in [1.29, 1.82) is 0 Å². The molecule has 0 saturated heterocycles. The predicted molar refractivity (Wildman–Crippen MR) is 70.3 cm³/mol. The number of aliphatic hydroxyl groups is 1. The quantitative estimate of drug-likeness (QED) is 0.896. The fourth-order valence-electron chi connectivity index (χ4n) is 2.03. The van der Waals surface area contributed by atoms with Gasteiger partial charge in [0.2, 0.25) is 0 Å². The highest BCUT2D eigenvalue weighted by Gasteiger charge is 2.21. The predicted octanol–water partition coefficient (Wildman–Crippen LogP) is 2.98. The minimum Gasteiger partial charge on any atom is -0.381 e. The smallest absolute Gasteiger partial charge is 0.168 e. The number of hydrogen-bond acceptors (Lipinski definition) is 3. The van der Waals surface area contributed by atoms with E-state index in [-0.39, 0.29) is 11.7 Å². The second kappa shape index (κ2) is 5.23. The highest BCUT2D eigenvalue weighted by atomic mass is 32.2. The van der Waals surface area contributed by atoms with Crippen molar-refractivity contribution < 1.29 is 9.90 Å². The number of Topliss-reactive ketones (excluding diaryl/α,β-unsaturated/α-hetero) is 1. The molecule has 1 aliphatic heterocycles. The number of hydrogen-bond donors (Lipinski definition) is 1. The highest BCUT2D eigenvalue weighted by Crippen LogP contribution is 2.32. The van der Waals surface area contributed by atoms with Crippen molar-refractivity contribution in [2.75, 3.05) is 5.75 Å². The molecule has 0 fully saturated rings. The summed E-state index contributed by atoms with van der Waals surface area (Å²) in [4.78, 5) is 13.1. The molecule has 0 saturated carbocycles. The number of rotatable bonds is 3. The molecule has 1 N–H and O–H groups in total. The van der Waals surface area contributed by atoms with Crippen LogP contribution in [0.4, 0.5) is 0 Å². The lowest BCUT2D eigenvalue weighted by molar-refractivity contribution is -0.130. The second-order valence-electron chi connectivity index (χ2n) is 4.78. The Morgan fingerprint density at radius 1 is 1.41 bits per heavy atom. The third-order valence-electron chi connectivity index (χ3n) is 3.09. The summed E-state index contributed by atoms with van der Waals surface area (Å²) in [5.74, 6) is 0.934. The summed E-state index contributed by atoms with van der Waals surface area (Å²) in [5.41, 5.74) is 2.01. The van der Waals surface area contributed by atoms with Crippen LogP contribution in [0.25, 0.3) is 0 Å². The Kier molecular flexibility index (Phi) is 3.89. The minimum absolute atomic E-state index is 0.103. The Bertz CT molecular complexity index is 426. The number of aryl methyl sites for hydroxylation is 1. The molecule has 0 aliphatic carbocycles. The van der Waals surface area contributed by atoms with Crippen molar-refractivity contribution >= 4 is 17.5 Å². The Morgan fingerprint density at radius 3 is 2.88 bits per heavy atom. The molecule has 0 bridgehead atoms. The first-order chi connectivity index (χ1) is 8.09. The molecule has 1 aliphatic rings. The van der Waals surface area contributed by atoms with Crippen LogP contribution in [0.1, 0.15) is 37.5 Å². The number of carbonyl (C=O) groups excluding carboxylic acids is 1. The van der Waals surface area contributed by atoms with Crippen LogP contribution in [-0.4, -0.2) is 16.6 Å². The largest absolute Gasteiger partial charge is 0.381 e. The first-order valence-electron chi connectivity index (χ1n) is 6.07. The fourth-order valence-corrected chi connectivity index (χ4v) is 3.05. The van der Waals surface area contributed by atoms with Crippen molar-refractivity contribution in [3.8, 4) is 0 Å². The minimum atomic E-state index is -0.966. The van der Waals surface area contributed by atoms with Gasteiger partial charge in [-0.3, -0.25) is 4.79 Å². The van der Waals surface area contributed by atoms with E-state index in [1.54, 1.807) is 0 Å². The Balaban J connectivity index is 2.24. The molecule has 0 amide bonds. The molecule has 0 aromatic heterocycles. The molecule has 3 heteroatoms. The number of benzene rings is 1. The molecule has 92 valence electrons. The molecule has 17 heavy (non-hydrogen) atoms. The normalized spacial score (nSPS) is 16.7. The van der Waals surface area contributed by atoms with Crippen molar-refractivity contribution in [2.24, 2.45) is 5.92 Å². The van der Waals surface area contributed by atoms with Crippen molar-refractivity contribution in [3.63, 3.8) is 0 Å². The fraction of sp³-hybridized carbons (Fsp3) is 0.500. The Morgan fingerprint density at radius 2 is 2.18 bits per heavy atom. The van der Waals surface area contributed by atoms with E-state index in [0.29, 0.717) is 0 Å². The van der Waals surface area contributed by atoms with Gasteiger partial charge in [-0.1, -0.05) is 26.0 Å². The summed E-state index contributed by atoms with van der Waals surface area (Å²) < 4.78 is 0. The zero-order chi connectivity index (χ0) is 12.4. The van der Waals surface area contributed by atoms with Crippen LogP contribution >= 0.6 is 11.8 Å². The second-order valence-corrected chi connectivity index (χ2v) is 5.92.